The minimum absolute atomic E-state index is 0.179. The predicted octanol–water partition coefficient (Wildman–Crippen LogP) is 2.75. The van der Waals surface area contributed by atoms with Crippen molar-refractivity contribution in [1.29, 1.82) is 0 Å². The summed E-state index contributed by atoms with van der Waals surface area (Å²) in [5, 5.41) is 9.00. The summed E-state index contributed by atoms with van der Waals surface area (Å²) in [5.41, 5.74) is 1.05. The predicted molar refractivity (Wildman–Crippen MR) is 78.1 cm³/mol. The summed E-state index contributed by atoms with van der Waals surface area (Å²) in [6.45, 7) is 10.5. The van der Waals surface area contributed by atoms with E-state index < -0.39 is 5.97 Å². The molecule has 2 rings (SSSR count). The molecule has 0 spiro atoms. The molecule has 0 amide bonds. The van der Waals surface area contributed by atoms with Crippen LogP contribution in [0.15, 0.2) is 6.20 Å². The highest BCUT2D eigenvalue weighted by Crippen LogP contribution is 2.34. The number of aromatic nitrogens is 2. The molecular formula is C15H23N3O2. The molecule has 20 heavy (non-hydrogen) atoms. The number of hydrogen-bond acceptors (Lipinski definition) is 4. The largest absolute Gasteiger partial charge is 0.478 e. The average Bonchev–Trinajstić information content (AvgIpc) is 2.37. The highest BCUT2D eigenvalue weighted by Gasteiger charge is 2.29. The topological polar surface area (TPSA) is 66.3 Å². The van der Waals surface area contributed by atoms with Crippen molar-refractivity contribution in [2.24, 2.45) is 11.3 Å². The highest BCUT2D eigenvalue weighted by molar-refractivity contribution is 5.88. The zero-order valence-corrected chi connectivity index (χ0v) is 12.7. The molecular weight excluding hydrogens is 254 g/mol. The third-order valence-corrected chi connectivity index (χ3v) is 4.20. The van der Waals surface area contributed by atoms with E-state index in [-0.39, 0.29) is 5.56 Å². The van der Waals surface area contributed by atoms with Crippen molar-refractivity contribution < 1.29 is 9.90 Å². The number of rotatable bonds is 2. The number of carboxylic acid groups (broad SMARTS) is 1. The molecule has 0 aliphatic carbocycles. The Kier molecular flexibility index (Phi) is 3.97. The Labute approximate surface area is 120 Å². The SMILES string of the molecule is Cc1nc(N2CCC(C(C)(C)C)CC2)ncc1C(=O)O. The maximum absolute atomic E-state index is 11.0. The lowest BCUT2D eigenvalue weighted by Gasteiger charge is -2.38. The summed E-state index contributed by atoms with van der Waals surface area (Å²) in [7, 11) is 0. The van der Waals surface area contributed by atoms with Crippen molar-refractivity contribution in [3.05, 3.63) is 17.5 Å². The summed E-state index contributed by atoms with van der Waals surface area (Å²) in [6, 6.07) is 0. The zero-order chi connectivity index (χ0) is 14.9. The van der Waals surface area contributed by atoms with E-state index in [2.05, 4.69) is 35.6 Å². The molecule has 0 saturated carbocycles. The molecule has 0 aromatic carbocycles. The summed E-state index contributed by atoms with van der Waals surface area (Å²) in [5.74, 6) is 0.401. The van der Waals surface area contributed by atoms with Gasteiger partial charge in [0, 0.05) is 19.3 Å². The minimum atomic E-state index is -0.972. The third kappa shape index (κ3) is 3.08. The van der Waals surface area contributed by atoms with E-state index in [9.17, 15) is 4.79 Å². The number of carbonyl (C=O) groups is 1. The average molecular weight is 277 g/mol. The lowest BCUT2D eigenvalue weighted by atomic mass is 9.75. The number of nitrogens with zero attached hydrogens (tertiary/aromatic N) is 3. The number of carboxylic acids is 1. The summed E-state index contributed by atoms with van der Waals surface area (Å²) in [4.78, 5) is 21.7. The number of aryl methyl sites for hydroxylation is 1. The second-order valence-electron chi connectivity index (χ2n) is 6.60. The van der Waals surface area contributed by atoms with Crippen molar-refractivity contribution in [1.82, 2.24) is 9.97 Å². The van der Waals surface area contributed by atoms with Gasteiger partial charge in [0.05, 0.1) is 11.3 Å². The van der Waals surface area contributed by atoms with Crippen molar-refractivity contribution in [2.45, 2.75) is 40.5 Å². The van der Waals surface area contributed by atoms with Gasteiger partial charge in [0.2, 0.25) is 5.95 Å². The lowest BCUT2D eigenvalue weighted by molar-refractivity contribution is 0.0695. The second-order valence-corrected chi connectivity index (χ2v) is 6.60. The monoisotopic (exact) mass is 277 g/mol. The van der Waals surface area contributed by atoms with E-state index in [1.54, 1.807) is 6.92 Å². The molecule has 0 atom stereocenters. The molecule has 2 heterocycles. The molecule has 0 unspecified atom stereocenters. The first-order valence-electron chi connectivity index (χ1n) is 7.11. The second kappa shape index (κ2) is 5.38. The summed E-state index contributed by atoms with van der Waals surface area (Å²) in [6.07, 6.45) is 3.68. The molecule has 1 saturated heterocycles. The first-order valence-corrected chi connectivity index (χ1v) is 7.11. The summed E-state index contributed by atoms with van der Waals surface area (Å²) < 4.78 is 0. The van der Waals surface area contributed by atoms with Gasteiger partial charge < -0.3 is 10.0 Å². The molecule has 5 nitrogen and oxygen atoms in total. The fraction of sp³-hybridized carbons (Fsp3) is 0.667. The van der Waals surface area contributed by atoms with Crippen molar-refractivity contribution in [3.63, 3.8) is 0 Å². The Morgan fingerprint density at radius 1 is 1.35 bits per heavy atom. The van der Waals surface area contributed by atoms with Gasteiger partial charge >= 0.3 is 5.97 Å². The Balaban J connectivity index is 2.08. The normalized spacial score (nSPS) is 17.3. The number of aromatic carboxylic acids is 1. The van der Waals surface area contributed by atoms with E-state index >= 15 is 0 Å². The Bertz CT molecular complexity index is 500. The van der Waals surface area contributed by atoms with Crippen LogP contribution in [0.4, 0.5) is 5.95 Å². The van der Waals surface area contributed by atoms with Crippen LogP contribution in [0.5, 0.6) is 0 Å². The quantitative estimate of drug-likeness (QED) is 0.900. The molecule has 5 heteroatoms. The Morgan fingerprint density at radius 3 is 2.40 bits per heavy atom. The lowest BCUT2D eigenvalue weighted by Crippen LogP contribution is -2.39. The standard InChI is InChI=1S/C15H23N3O2/c1-10-12(13(19)20)9-16-14(17-10)18-7-5-11(6-8-18)15(2,3)4/h9,11H,5-8H2,1-4H3,(H,19,20). The van der Waals surface area contributed by atoms with Crippen LogP contribution >= 0.6 is 0 Å². The van der Waals surface area contributed by atoms with Crippen LogP contribution in [-0.4, -0.2) is 34.1 Å². The molecule has 1 aromatic heterocycles. The van der Waals surface area contributed by atoms with Gasteiger partial charge in [0.15, 0.2) is 0 Å². The van der Waals surface area contributed by atoms with Crippen LogP contribution in [0, 0.1) is 18.3 Å². The fourth-order valence-corrected chi connectivity index (χ4v) is 2.76. The first kappa shape index (κ1) is 14.8. The molecule has 1 aliphatic rings. The fourth-order valence-electron chi connectivity index (χ4n) is 2.76. The minimum Gasteiger partial charge on any atom is -0.478 e. The van der Waals surface area contributed by atoms with Crippen LogP contribution in [-0.2, 0) is 0 Å². The molecule has 1 N–H and O–H groups in total. The van der Waals surface area contributed by atoms with Gasteiger partial charge in [-0.25, -0.2) is 14.8 Å². The van der Waals surface area contributed by atoms with E-state index in [1.165, 1.54) is 6.20 Å². The van der Waals surface area contributed by atoms with Crippen LogP contribution in [0.3, 0.4) is 0 Å². The van der Waals surface area contributed by atoms with Crippen molar-refractivity contribution in [2.75, 3.05) is 18.0 Å². The maximum atomic E-state index is 11.0. The van der Waals surface area contributed by atoms with Crippen LogP contribution < -0.4 is 4.90 Å². The van der Waals surface area contributed by atoms with Gasteiger partial charge in [0.1, 0.15) is 0 Å². The van der Waals surface area contributed by atoms with Crippen LogP contribution in [0.1, 0.15) is 49.7 Å². The van der Waals surface area contributed by atoms with E-state index in [0.717, 1.165) is 31.8 Å². The van der Waals surface area contributed by atoms with Gasteiger partial charge in [-0.2, -0.15) is 0 Å². The van der Waals surface area contributed by atoms with Crippen LogP contribution in [0.2, 0.25) is 0 Å². The molecule has 110 valence electrons. The van der Waals surface area contributed by atoms with E-state index in [4.69, 9.17) is 5.11 Å². The maximum Gasteiger partial charge on any atom is 0.339 e. The Hall–Kier alpha value is -1.65. The molecule has 1 fully saturated rings. The van der Waals surface area contributed by atoms with Crippen molar-refractivity contribution in [3.8, 4) is 0 Å². The zero-order valence-electron chi connectivity index (χ0n) is 12.7. The Morgan fingerprint density at radius 2 is 1.95 bits per heavy atom. The number of piperidine rings is 1. The molecule has 0 bridgehead atoms. The van der Waals surface area contributed by atoms with E-state index in [1.807, 2.05) is 0 Å². The van der Waals surface area contributed by atoms with Gasteiger partial charge in [-0.1, -0.05) is 20.8 Å². The molecule has 0 radical (unpaired) electrons. The van der Waals surface area contributed by atoms with E-state index in [0.29, 0.717) is 17.1 Å². The number of hydrogen-bond donors (Lipinski definition) is 1. The van der Waals surface area contributed by atoms with Gasteiger partial charge in [-0.3, -0.25) is 0 Å². The number of anilines is 1. The summed E-state index contributed by atoms with van der Waals surface area (Å²) >= 11 is 0. The van der Waals surface area contributed by atoms with Crippen LogP contribution in [0.25, 0.3) is 0 Å². The smallest absolute Gasteiger partial charge is 0.339 e. The van der Waals surface area contributed by atoms with Gasteiger partial charge in [-0.05, 0) is 31.1 Å². The van der Waals surface area contributed by atoms with Gasteiger partial charge in [0.25, 0.3) is 0 Å². The molecule has 1 aliphatic heterocycles. The van der Waals surface area contributed by atoms with Gasteiger partial charge in [-0.15, -0.1) is 0 Å². The molecule has 1 aromatic rings. The first-order chi connectivity index (χ1) is 9.29. The third-order valence-electron chi connectivity index (χ3n) is 4.20. The highest BCUT2D eigenvalue weighted by atomic mass is 16.4. The van der Waals surface area contributed by atoms with Crippen molar-refractivity contribution >= 4 is 11.9 Å².